The molecule has 0 saturated carbocycles. The zero-order valence-corrected chi connectivity index (χ0v) is 23.0. The van der Waals surface area contributed by atoms with Crippen LogP contribution in [-0.2, 0) is 15.9 Å². The second-order valence-electron chi connectivity index (χ2n) is 10.9. The summed E-state index contributed by atoms with van der Waals surface area (Å²) in [4.78, 5) is 39.4. The standard InChI is InChI=1S/C30H32FN5O5/c1-30(2)40-18-23(41-30)17-39-22-10-12-32-27(15-22)34-29(38)36-21-11-13-35(16-21)25-8-7-24(33-28(25)36)26(37)9-6-19-4-3-5-20(31)14-19/h3-5,7-8,10,12,14-15,21,23H,6,9,11,13,16-18H2,1-2H3,(H,32,34,38)/t21-,23-/m0/s1. The number of halogens is 1. The first kappa shape index (κ1) is 27.1. The Morgan fingerprint density at radius 2 is 2.07 bits per heavy atom. The number of urea groups is 1. The number of benzene rings is 1. The number of aromatic nitrogens is 2. The van der Waals surface area contributed by atoms with Gasteiger partial charge < -0.3 is 19.1 Å². The molecule has 0 radical (unpaired) electrons. The van der Waals surface area contributed by atoms with Gasteiger partial charge in [0.05, 0.1) is 18.3 Å². The highest BCUT2D eigenvalue weighted by Gasteiger charge is 2.40. The van der Waals surface area contributed by atoms with E-state index in [1.165, 1.54) is 12.1 Å². The van der Waals surface area contributed by atoms with E-state index in [-0.39, 0.29) is 41.9 Å². The Balaban J connectivity index is 1.15. The summed E-state index contributed by atoms with van der Waals surface area (Å²) in [6.45, 7) is 5.94. The van der Waals surface area contributed by atoms with Crippen LogP contribution < -0.4 is 19.9 Å². The lowest BCUT2D eigenvalue weighted by Crippen LogP contribution is -2.48. The fourth-order valence-corrected chi connectivity index (χ4v) is 5.48. The molecule has 214 valence electrons. The SMILES string of the molecule is CC1(C)OC[C@H](COc2ccnc(NC(=O)N3c4nc(C(=O)CCc5cccc(F)c5)ccc4N4CC[C@H]3C4)c2)O1. The number of ether oxygens (including phenoxy) is 3. The van der Waals surface area contributed by atoms with Gasteiger partial charge in [-0.3, -0.25) is 15.0 Å². The number of carbonyl (C=O) groups excluding carboxylic acids is 2. The number of amides is 2. The summed E-state index contributed by atoms with van der Waals surface area (Å²) in [6, 6.07) is 12.7. The van der Waals surface area contributed by atoms with E-state index in [1.807, 2.05) is 19.9 Å². The van der Waals surface area contributed by atoms with Crippen molar-refractivity contribution in [3.05, 3.63) is 71.8 Å². The second-order valence-corrected chi connectivity index (χ2v) is 10.9. The number of pyridine rings is 2. The highest BCUT2D eigenvalue weighted by atomic mass is 19.1. The van der Waals surface area contributed by atoms with E-state index in [9.17, 15) is 14.0 Å². The Bertz CT molecular complexity index is 1470. The molecule has 0 unspecified atom stereocenters. The highest BCUT2D eigenvalue weighted by molar-refractivity contribution is 6.05. The third kappa shape index (κ3) is 6.01. The number of fused-ring (bicyclic) bond motifs is 4. The van der Waals surface area contributed by atoms with Crippen LogP contribution in [0.3, 0.4) is 0 Å². The minimum atomic E-state index is -0.633. The molecule has 11 heteroatoms. The molecule has 0 spiro atoms. The van der Waals surface area contributed by atoms with Gasteiger partial charge in [-0.25, -0.2) is 19.2 Å². The number of anilines is 3. The maximum absolute atomic E-state index is 13.6. The molecule has 0 aliphatic carbocycles. The number of hydrogen-bond acceptors (Lipinski definition) is 8. The van der Waals surface area contributed by atoms with Crippen molar-refractivity contribution < 1.29 is 28.2 Å². The molecule has 6 rings (SSSR count). The van der Waals surface area contributed by atoms with E-state index >= 15 is 0 Å². The van der Waals surface area contributed by atoms with Gasteiger partial charge in [-0.05, 0) is 62.6 Å². The highest BCUT2D eigenvalue weighted by Crippen LogP contribution is 2.39. The Morgan fingerprint density at radius 1 is 1.20 bits per heavy atom. The third-order valence-corrected chi connectivity index (χ3v) is 7.46. The predicted molar refractivity (Wildman–Crippen MR) is 150 cm³/mol. The van der Waals surface area contributed by atoms with Crippen LogP contribution in [0.4, 0.5) is 26.5 Å². The Kier molecular flexibility index (Phi) is 7.31. The Hall–Kier alpha value is -4.09. The topological polar surface area (TPSA) is 106 Å². The van der Waals surface area contributed by atoms with Crippen molar-refractivity contribution >= 4 is 29.1 Å². The second kappa shape index (κ2) is 11.1. The minimum absolute atomic E-state index is 0.0880. The number of nitrogens with zero attached hydrogens (tertiary/aromatic N) is 4. The summed E-state index contributed by atoms with van der Waals surface area (Å²) in [5.41, 5.74) is 1.82. The summed E-state index contributed by atoms with van der Waals surface area (Å²) in [5.74, 6) is 0.185. The fraction of sp³-hybridized carbons (Fsp3) is 0.400. The lowest BCUT2D eigenvalue weighted by molar-refractivity contribution is -0.141. The average Bonchev–Trinajstić information content (AvgIpc) is 3.53. The van der Waals surface area contributed by atoms with Crippen LogP contribution in [0.5, 0.6) is 5.75 Å². The van der Waals surface area contributed by atoms with Gasteiger partial charge in [0.25, 0.3) is 0 Å². The van der Waals surface area contributed by atoms with Crippen molar-refractivity contribution in [2.45, 2.75) is 51.0 Å². The zero-order chi connectivity index (χ0) is 28.6. The number of hydrogen-bond donors (Lipinski definition) is 1. The van der Waals surface area contributed by atoms with Crippen molar-refractivity contribution in [2.75, 3.05) is 41.4 Å². The average molecular weight is 562 g/mol. The van der Waals surface area contributed by atoms with Crippen LogP contribution in [-0.4, -0.2) is 66.0 Å². The first-order valence-corrected chi connectivity index (χ1v) is 13.8. The summed E-state index contributed by atoms with van der Waals surface area (Å²) >= 11 is 0. The van der Waals surface area contributed by atoms with Crippen LogP contribution in [0.1, 0.15) is 42.7 Å². The van der Waals surface area contributed by atoms with E-state index in [0.717, 1.165) is 24.2 Å². The van der Waals surface area contributed by atoms with E-state index in [4.69, 9.17) is 14.2 Å². The van der Waals surface area contributed by atoms with Gasteiger partial charge in [-0.1, -0.05) is 12.1 Å². The first-order chi connectivity index (χ1) is 19.7. The van der Waals surface area contributed by atoms with E-state index in [1.54, 1.807) is 41.4 Å². The molecule has 2 aromatic heterocycles. The zero-order valence-electron chi connectivity index (χ0n) is 23.0. The van der Waals surface area contributed by atoms with Gasteiger partial charge in [-0.2, -0.15) is 0 Å². The molecule has 3 aliphatic heterocycles. The van der Waals surface area contributed by atoms with Gasteiger partial charge in [0.15, 0.2) is 17.4 Å². The third-order valence-electron chi connectivity index (χ3n) is 7.46. The number of rotatable bonds is 8. The molecule has 10 nitrogen and oxygen atoms in total. The van der Waals surface area contributed by atoms with E-state index in [2.05, 4.69) is 20.2 Å². The molecule has 41 heavy (non-hydrogen) atoms. The monoisotopic (exact) mass is 561 g/mol. The molecular weight excluding hydrogens is 529 g/mol. The number of ketones is 1. The summed E-state index contributed by atoms with van der Waals surface area (Å²) < 4.78 is 30.8. The van der Waals surface area contributed by atoms with Crippen LogP contribution in [0.15, 0.2) is 54.7 Å². The van der Waals surface area contributed by atoms with Gasteiger partial charge in [-0.15, -0.1) is 0 Å². The Morgan fingerprint density at radius 3 is 2.88 bits per heavy atom. The minimum Gasteiger partial charge on any atom is -0.491 e. The fourth-order valence-electron chi connectivity index (χ4n) is 5.48. The van der Waals surface area contributed by atoms with Crippen LogP contribution in [0.25, 0.3) is 0 Å². The smallest absolute Gasteiger partial charge is 0.329 e. The maximum atomic E-state index is 13.6. The first-order valence-electron chi connectivity index (χ1n) is 13.8. The molecule has 1 N–H and O–H groups in total. The largest absolute Gasteiger partial charge is 0.491 e. The molecule has 3 aliphatic rings. The quantitative estimate of drug-likeness (QED) is 0.398. The summed E-state index contributed by atoms with van der Waals surface area (Å²) in [7, 11) is 0. The van der Waals surface area contributed by atoms with Crippen molar-refractivity contribution in [1.29, 1.82) is 0 Å². The molecular formula is C30H32FN5O5. The number of Topliss-reactive ketones (excluding diaryl/α,β-unsaturated/α-hetero) is 1. The number of carbonyl (C=O) groups is 2. The lowest BCUT2D eigenvalue weighted by Gasteiger charge is -2.35. The van der Waals surface area contributed by atoms with Gasteiger partial charge in [0.1, 0.15) is 35.8 Å². The lowest BCUT2D eigenvalue weighted by atomic mass is 10.1. The molecule has 3 aromatic rings. The van der Waals surface area contributed by atoms with Crippen LogP contribution >= 0.6 is 0 Å². The van der Waals surface area contributed by atoms with Crippen molar-refractivity contribution in [3.63, 3.8) is 0 Å². The van der Waals surface area contributed by atoms with E-state index < -0.39 is 5.79 Å². The molecule has 5 heterocycles. The van der Waals surface area contributed by atoms with Crippen molar-refractivity contribution in [2.24, 2.45) is 0 Å². The van der Waals surface area contributed by atoms with Gasteiger partial charge in [0.2, 0.25) is 0 Å². The Labute approximate surface area is 237 Å². The maximum Gasteiger partial charge on any atom is 0.329 e. The number of aryl methyl sites for hydroxylation is 1. The predicted octanol–water partition coefficient (Wildman–Crippen LogP) is 4.59. The van der Waals surface area contributed by atoms with Gasteiger partial charge >= 0.3 is 6.03 Å². The van der Waals surface area contributed by atoms with Gasteiger partial charge in [0, 0.05) is 31.8 Å². The van der Waals surface area contributed by atoms with E-state index in [0.29, 0.717) is 43.6 Å². The molecule has 2 atom stereocenters. The molecule has 2 amide bonds. The van der Waals surface area contributed by atoms with Crippen LogP contribution in [0.2, 0.25) is 0 Å². The number of nitrogens with one attached hydrogen (secondary N) is 1. The van der Waals surface area contributed by atoms with Crippen molar-refractivity contribution in [1.82, 2.24) is 9.97 Å². The summed E-state index contributed by atoms with van der Waals surface area (Å²) in [5, 5.41) is 2.88. The molecule has 2 saturated heterocycles. The van der Waals surface area contributed by atoms with Crippen molar-refractivity contribution in [3.8, 4) is 5.75 Å². The molecule has 2 fully saturated rings. The van der Waals surface area contributed by atoms with Crippen LogP contribution in [0, 0.1) is 5.82 Å². The normalized spacial score (nSPS) is 20.6. The summed E-state index contributed by atoms with van der Waals surface area (Å²) in [6.07, 6.45) is 2.73. The molecule has 2 bridgehead atoms. The molecule has 1 aromatic carbocycles.